The maximum absolute atomic E-state index is 11.8. The zero-order valence-electron chi connectivity index (χ0n) is 12.0. The monoisotopic (exact) mass is 277 g/mol. The van der Waals surface area contributed by atoms with Crippen LogP contribution in [0.25, 0.3) is 0 Å². The molecule has 4 nitrogen and oxygen atoms in total. The number of benzene rings is 1. The maximum Gasteiger partial charge on any atom is 0.220 e. The van der Waals surface area contributed by atoms with Crippen LogP contribution < -0.4 is 5.32 Å². The van der Waals surface area contributed by atoms with Gasteiger partial charge in [-0.25, -0.2) is 0 Å². The lowest BCUT2D eigenvalue weighted by molar-refractivity contribution is -0.122. The van der Waals surface area contributed by atoms with Crippen LogP contribution in [0.3, 0.4) is 0 Å². The van der Waals surface area contributed by atoms with Gasteiger partial charge in [-0.2, -0.15) is 0 Å². The molecular formula is C16H23NO3. The van der Waals surface area contributed by atoms with Gasteiger partial charge in [0.25, 0.3) is 0 Å². The molecule has 2 rings (SSSR count). The molecule has 0 saturated carbocycles. The summed E-state index contributed by atoms with van der Waals surface area (Å²) in [5.74, 6) is -0.0232. The minimum atomic E-state index is -0.877. The summed E-state index contributed by atoms with van der Waals surface area (Å²) in [5.41, 5.74) is 1.60. The molecule has 1 aromatic rings. The van der Waals surface area contributed by atoms with Crippen molar-refractivity contribution >= 4 is 5.91 Å². The molecule has 1 fully saturated rings. The summed E-state index contributed by atoms with van der Waals surface area (Å²) in [6.07, 6.45) is 2.79. The van der Waals surface area contributed by atoms with Gasteiger partial charge < -0.3 is 15.2 Å². The quantitative estimate of drug-likeness (QED) is 0.827. The fraction of sp³-hybridized carbons (Fsp3) is 0.562. The molecule has 1 aliphatic rings. The molecule has 1 amide bonds. The van der Waals surface area contributed by atoms with Crippen LogP contribution in [-0.4, -0.2) is 36.4 Å². The Morgan fingerprint density at radius 2 is 2.05 bits per heavy atom. The van der Waals surface area contributed by atoms with Crippen LogP contribution >= 0.6 is 0 Å². The first-order chi connectivity index (χ1) is 9.61. The van der Waals surface area contributed by atoms with Crippen LogP contribution in [-0.2, 0) is 22.4 Å². The Morgan fingerprint density at radius 1 is 1.35 bits per heavy atom. The summed E-state index contributed by atoms with van der Waals surface area (Å²) >= 11 is 0. The van der Waals surface area contributed by atoms with Crippen LogP contribution in [0.2, 0.25) is 0 Å². The molecule has 110 valence electrons. The standard InChI is InChI=1S/C16H23NO3/c1-2-13-3-5-14(6-4-13)7-8-15(18)17-11-16(19)9-10-20-12-16/h3-6,19H,2,7-12H2,1H3,(H,17,18). The lowest BCUT2D eigenvalue weighted by Gasteiger charge is -2.20. The van der Waals surface area contributed by atoms with E-state index < -0.39 is 5.60 Å². The highest BCUT2D eigenvalue weighted by atomic mass is 16.5. The molecule has 1 saturated heterocycles. The highest BCUT2D eigenvalue weighted by molar-refractivity contribution is 5.76. The van der Waals surface area contributed by atoms with Gasteiger partial charge in [0.2, 0.25) is 5.91 Å². The predicted molar refractivity (Wildman–Crippen MR) is 77.5 cm³/mol. The molecule has 4 heteroatoms. The average molecular weight is 277 g/mol. The molecule has 0 aromatic heterocycles. The molecule has 0 spiro atoms. The van der Waals surface area contributed by atoms with E-state index in [1.165, 1.54) is 11.1 Å². The van der Waals surface area contributed by atoms with Gasteiger partial charge in [0.05, 0.1) is 6.61 Å². The molecule has 0 bridgehead atoms. The van der Waals surface area contributed by atoms with E-state index in [4.69, 9.17) is 4.74 Å². The van der Waals surface area contributed by atoms with E-state index in [9.17, 15) is 9.90 Å². The summed E-state index contributed by atoms with van der Waals surface area (Å²) in [6.45, 7) is 3.28. The molecule has 20 heavy (non-hydrogen) atoms. The van der Waals surface area contributed by atoms with E-state index in [1.54, 1.807) is 0 Å². The van der Waals surface area contributed by atoms with Crippen molar-refractivity contribution in [1.29, 1.82) is 0 Å². The number of hydrogen-bond donors (Lipinski definition) is 2. The van der Waals surface area contributed by atoms with Crippen molar-refractivity contribution in [3.63, 3.8) is 0 Å². The smallest absolute Gasteiger partial charge is 0.220 e. The number of amides is 1. The summed E-state index contributed by atoms with van der Waals surface area (Å²) < 4.78 is 5.14. The van der Waals surface area contributed by atoms with Crippen molar-refractivity contribution in [3.8, 4) is 0 Å². The van der Waals surface area contributed by atoms with Gasteiger partial charge >= 0.3 is 0 Å². The SMILES string of the molecule is CCc1ccc(CCC(=O)NCC2(O)CCOC2)cc1. The Balaban J connectivity index is 1.71. The lowest BCUT2D eigenvalue weighted by atomic mass is 10.0. The van der Waals surface area contributed by atoms with Crippen LogP contribution in [0, 0.1) is 0 Å². The van der Waals surface area contributed by atoms with Crippen LogP contribution in [0.1, 0.15) is 30.9 Å². The van der Waals surface area contributed by atoms with Crippen molar-refractivity contribution in [2.75, 3.05) is 19.8 Å². The van der Waals surface area contributed by atoms with Crippen molar-refractivity contribution in [2.45, 2.75) is 38.2 Å². The first-order valence-electron chi connectivity index (χ1n) is 7.26. The first kappa shape index (κ1) is 15.0. The first-order valence-corrected chi connectivity index (χ1v) is 7.26. The normalized spacial score (nSPS) is 21.9. The third-order valence-corrected chi connectivity index (χ3v) is 3.77. The van der Waals surface area contributed by atoms with E-state index >= 15 is 0 Å². The number of aryl methyl sites for hydroxylation is 2. The number of nitrogens with one attached hydrogen (secondary N) is 1. The Morgan fingerprint density at radius 3 is 2.65 bits per heavy atom. The van der Waals surface area contributed by atoms with E-state index in [1.807, 2.05) is 0 Å². The minimum absolute atomic E-state index is 0.0232. The van der Waals surface area contributed by atoms with Crippen molar-refractivity contribution in [1.82, 2.24) is 5.32 Å². The second-order valence-electron chi connectivity index (χ2n) is 5.47. The topological polar surface area (TPSA) is 58.6 Å². The molecule has 1 aromatic carbocycles. The molecule has 1 unspecified atom stereocenters. The summed E-state index contributed by atoms with van der Waals surface area (Å²) in [7, 11) is 0. The van der Waals surface area contributed by atoms with Crippen molar-refractivity contribution in [2.24, 2.45) is 0 Å². The second kappa shape index (κ2) is 6.86. The Kier molecular flexibility index (Phi) is 5.15. The zero-order chi connectivity index (χ0) is 14.4. The second-order valence-corrected chi connectivity index (χ2v) is 5.47. The largest absolute Gasteiger partial charge is 0.386 e. The highest BCUT2D eigenvalue weighted by Gasteiger charge is 2.32. The Labute approximate surface area is 120 Å². The van der Waals surface area contributed by atoms with Crippen molar-refractivity contribution < 1.29 is 14.6 Å². The average Bonchev–Trinajstić information content (AvgIpc) is 2.91. The maximum atomic E-state index is 11.8. The molecule has 2 N–H and O–H groups in total. The van der Waals surface area contributed by atoms with E-state index in [2.05, 4.69) is 36.5 Å². The number of rotatable bonds is 6. The minimum Gasteiger partial charge on any atom is -0.386 e. The molecule has 1 aliphatic heterocycles. The lowest BCUT2D eigenvalue weighted by Crippen LogP contribution is -2.43. The third kappa shape index (κ3) is 4.32. The molecule has 1 atom stereocenters. The fourth-order valence-corrected chi connectivity index (χ4v) is 2.29. The molecule has 1 heterocycles. The number of hydrogen-bond acceptors (Lipinski definition) is 3. The number of carbonyl (C=O) groups excluding carboxylic acids is 1. The van der Waals surface area contributed by atoms with Crippen LogP contribution in [0.15, 0.2) is 24.3 Å². The summed E-state index contributed by atoms with van der Waals surface area (Å²) in [5, 5.41) is 12.8. The summed E-state index contributed by atoms with van der Waals surface area (Å²) in [4.78, 5) is 11.8. The van der Waals surface area contributed by atoms with Gasteiger partial charge in [-0.05, 0) is 24.0 Å². The van der Waals surface area contributed by atoms with E-state index in [-0.39, 0.29) is 12.5 Å². The highest BCUT2D eigenvalue weighted by Crippen LogP contribution is 2.17. The van der Waals surface area contributed by atoms with Gasteiger partial charge in [-0.1, -0.05) is 31.2 Å². The molecule has 0 radical (unpaired) electrons. The van der Waals surface area contributed by atoms with Gasteiger partial charge in [0.1, 0.15) is 5.60 Å². The van der Waals surface area contributed by atoms with Crippen LogP contribution in [0.4, 0.5) is 0 Å². The Hall–Kier alpha value is -1.39. The van der Waals surface area contributed by atoms with E-state index in [0.717, 1.165) is 12.8 Å². The molecular weight excluding hydrogens is 254 g/mol. The predicted octanol–water partition coefficient (Wildman–Crippen LogP) is 1.45. The van der Waals surface area contributed by atoms with Crippen LogP contribution in [0.5, 0.6) is 0 Å². The third-order valence-electron chi connectivity index (χ3n) is 3.77. The van der Waals surface area contributed by atoms with Gasteiger partial charge in [-0.3, -0.25) is 4.79 Å². The Bertz CT molecular complexity index is 436. The fourth-order valence-electron chi connectivity index (χ4n) is 2.29. The van der Waals surface area contributed by atoms with Gasteiger partial charge in [-0.15, -0.1) is 0 Å². The van der Waals surface area contributed by atoms with Crippen molar-refractivity contribution in [3.05, 3.63) is 35.4 Å². The van der Waals surface area contributed by atoms with Gasteiger partial charge in [0.15, 0.2) is 0 Å². The zero-order valence-corrected chi connectivity index (χ0v) is 12.0. The number of carbonyl (C=O) groups is 1. The summed E-state index contributed by atoms with van der Waals surface area (Å²) in [6, 6.07) is 8.35. The van der Waals surface area contributed by atoms with E-state index in [0.29, 0.717) is 26.1 Å². The molecule has 0 aliphatic carbocycles. The number of ether oxygens (including phenoxy) is 1. The van der Waals surface area contributed by atoms with Gasteiger partial charge in [0, 0.05) is 26.0 Å². The number of aliphatic hydroxyl groups is 1.